The second-order valence-electron chi connectivity index (χ2n) is 4.64. The van der Waals surface area contributed by atoms with Gasteiger partial charge in [0, 0.05) is 17.6 Å². The predicted molar refractivity (Wildman–Crippen MR) is 80.3 cm³/mol. The molecule has 19 heavy (non-hydrogen) atoms. The Morgan fingerprint density at radius 2 is 2.11 bits per heavy atom. The molecule has 0 radical (unpaired) electrons. The number of nitrogens with one attached hydrogen (secondary N) is 1. The van der Waals surface area contributed by atoms with Gasteiger partial charge in [0.1, 0.15) is 18.5 Å². The number of ether oxygens (including phenoxy) is 1. The molecule has 0 saturated carbocycles. The van der Waals surface area contributed by atoms with E-state index in [2.05, 4.69) is 19.2 Å². The summed E-state index contributed by atoms with van der Waals surface area (Å²) in [5.74, 6) is 0.534. The topological polar surface area (TPSA) is 41.5 Å². The summed E-state index contributed by atoms with van der Waals surface area (Å²) < 4.78 is 5.47. The first-order chi connectivity index (χ1) is 9.02. The summed E-state index contributed by atoms with van der Waals surface area (Å²) in [6, 6.07) is 5.42. The van der Waals surface area contributed by atoms with Crippen molar-refractivity contribution in [2.24, 2.45) is 0 Å². The summed E-state index contributed by atoms with van der Waals surface area (Å²) in [6.45, 7) is 4.95. The molecule has 0 fully saturated rings. The normalized spacial score (nSPS) is 14.2. The molecule has 0 aliphatic heterocycles. The van der Waals surface area contributed by atoms with E-state index < -0.39 is 6.10 Å². The van der Waals surface area contributed by atoms with Crippen LogP contribution in [0.3, 0.4) is 0 Å². The highest BCUT2D eigenvalue weighted by Gasteiger charge is 2.09. The largest absolute Gasteiger partial charge is 0.489 e. The van der Waals surface area contributed by atoms with Gasteiger partial charge in [0.2, 0.25) is 0 Å². The van der Waals surface area contributed by atoms with Crippen molar-refractivity contribution in [1.82, 2.24) is 5.32 Å². The first-order valence-electron chi connectivity index (χ1n) is 6.52. The Hall–Kier alpha value is -0.480. The summed E-state index contributed by atoms with van der Waals surface area (Å²) in [4.78, 5) is 0. The second kappa shape index (κ2) is 8.64. The molecule has 1 rings (SSSR count). The smallest absolute Gasteiger partial charge is 0.138 e. The van der Waals surface area contributed by atoms with Crippen molar-refractivity contribution < 1.29 is 9.84 Å². The molecule has 0 bridgehead atoms. The number of hydrogen-bond acceptors (Lipinski definition) is 3. The SMILES string of the molecule is CCCC(C)NCC(O)COc1ccc(Cl)cc1Cl. The van der Waals surface area contributed by atoms with Gasteiger partial charge in [-0.25, -0.2) is 0 Å². The molecule has 0 aliphatic rings. The van der Waals surface area contributed by atoms with Crippen molar-refractivity contribution in [3.05, 3.63) is 28.2 Å². The lowest BCUT2D eigenvalue weighted by atomic mass is 10.2. The number of hydrogen-bond donors (Lipinski definition) is 2. The highest BCUT2D eigenvalue weighted by atomic mass is 35.5. The molecule has 0 aliphatic carbocycles. The van der Waals surface area contributed by atoms with Crippen LogP contribution in [0.15, 0.2) is 18.2 Å². The number of benzene rings is 1. The van der Waals surface area contributed by atoms with E-state index >= 15 is 0 Å². The third-order valence-corrected chi connectivity index (χ3v) is 3.28. The van der Waals surface area contributed by atoms with Crippen LogP contribution in [0.1, 0.15) is 26.7 Å². The lowest BCUT2D eigenvalue weighted by Gasteiger charge is -2.17. The van der Waals surface area contributed by atoms with Crippen LogP contribution in [-0.2, 0) is 0 Å². The van der Waals surface area contributed by atoms with Crippen LogP contribution < -0.4 is 10.1 Å². The van der Waals surface area contributed by atoms with Crippen LogP contribution in [0.25, 0.3) is 0 Å². The van der Waals surface area contributed by atoms with Gasteiger partial charge in [-0.05, 0) is 31.5 Å². The third kappa shape index (κ3) is 6.48. The Bertz CT molecular complexity index is 388. The minimum atomic E-state index is -0.564. The Kier molecular flexibility index (Phi) is 7.54. The average Bonchev–Trinajstić information content (AvgIpc) is 2.35. The van der Waals surface area contributed by atoms with Crippen molar-refractivity contribution in [3.63, 3.8) is 0 Å². The standard InChI is InChI=1S/C14H21Cl2NO2/c1-3-4-10(2)17-8-12(18)9-19-14-6-5-11(15)7-13(14)16/h5-7,10,12,17-18H,3-4,8-9H2,1-2H3. The fourth-order valence-corrected chi connectivity index (χ4v) is 2.17. The summed E-state index contributed by atoms with van der Waals surface area (Å²) in [7, 11) is 0. The molecule has 0 spiro atoms. The Morgan fingerprint density at radius 3 is 2.74 bits per heavy atom. The minimum Gasteiger partial charge on any atom is -0.489 e. The van der Waals surface area contributed by atoms with Crippen LogP contribution in [0.4, 0.5) is 0 Å². The fraction of sp³-hybridized carbons (Fsp3) is 0.571. The van der Waals surface area contributed by atoms with Crippen molar-refractivity contribution in [1.29, 1.82) is 0 Å². The van der Waals surface area contributed by atoms with Gasteiger partial charge in [-0.3, -0.25) is 0 Å². The van der Waals surface area contributed by atoms with Crippen molar-refractivity contribution in [2.75, 3.05) is 13.2 Å². The van der Waals surface area contributed by atoms with E-state index in [1.54, 1.807) is 18.2 Å². The van der Waals surface area contributed by atoms with E-state index in [0.717, 1.165) is 12.8 Å². The average molecular weight is 306 g/mol. The van der Waals surface area contributed by atoms with Gasteiger partial charge in [0.15, 0.2) is 0 Å². The summed E-state index contributed by atoms with van der Waals surface area (Å²) in [5.41, 5.74) is 0. The van der Waals surface area contributed by atoms with E-state index in [1.807, 2.05) is 0 Å². The maximum absolute atomic E-state index is 9.82. The molecule has 108 valence electrons. The van der Waals surface area contributed by atoms with Gasteiger partial charge < -0.3 is 15.2 Å². The first kappa shape index (κ1) is 16.6. The molecule has 1 aromatic carbocycles. The predicted octanol–water partition coefficient (Wildman–Crippen LogP) is 3.51. The van der Waals surface area contributed by atoms with E-state index in [9.17, 15) is 5.11 Å². The number of aliphatic hydroxyl groups excluding tert-OH is 1. The Labute approximate surface area is 124 Å². The van der Waals surface area contributed by atoms with Crippen molar-refractivity contribution >= 4 is 23.2 Å². The molecule has 5 heteroatoms. The molecule has 2 N–H and O–H groups in total. The Balaban J connectivity index is 2.31. The molecule has 1 aromatic rings. The molecule has 0 aromatic heterocycles. The van der Waals surface area contributed by atoms with Crippen molar-refractivity contribution in [3.8, 4) is 5.75 Å². The molecular weight excluding hydrogens is 285 g/mol. The van der Waals surface area contributed by atoms with Crippen LogP contribution in [0.5, 0.6) is 5.75 Å². The highest BCUT2D eigenvalue weighted by molar-refractivity contribution is 6.35. The maximum Gasteiger partial charge on any atom is 0.138 e. The minimum absolute atomic E-state index is 0.202. The quantitative estimate of drug-likeness (QED) is 0.772. The zero-order valence-electron chi connectivity index (χ0n) is 11.3. The molecule has 3 nitrogen and oxygen atoms in total. The van der Waals surface area contributed by atoms with Gasteiger partial charge >= 0.3 is 0 Å². The summed E-state index contributed by atoms with van der Waals surface area (Å²) >= 11 is 11.8. The lowest BCUT2D eigenvalue weighted by Crippen LogP contribution is -2.36. The first-order valence-corrected chi connectivity index (χ1v) is 7.27. The second-order valence-corrected chi connectivity index (χ2v) is 5.48. The van der Waals surface area contributed by atoms with Gasteiger partial charge in [-0.1, -0.05) is 36.5 Å². The van der Waals surface area contributed by atoms with E-state index in [0.29, 0.717) is 28.4 Å². The zero-order valence-corrected chi connectivity index (χ0v) is 12.8. The fourth-order valence-electron chi connectivity index (χ4n) is 1.71. The van der Waals surface area contributed by atoms with Crippen molar-refractivity contribution in [2.45, 2.75) is 38.8 Å². The molecule has 2 atom stereocenters. The van der Waals surface area contributed by atoms with E-state index in [4.69, 9.17) is 27.9 Å². The third-order valence-electron chi connectivity index (χ3n) is 2.75. The number of halogens is 2. The van der Waals surface area contributed by atoms with Crippen LogP contribution in [0, 0.1) is 0 Å². The Morgan fingerprint density at radius 1 is 1.37 bits per heavy atom. The van der Waals surface area contributed by atoms with Gasteiger partial charge in [-0.2, -0.15) is 0 Å². The summed E-state index contributed by atoms with van der Waals surface area (Å²) in [6.07, 6.45) is 1.66. The van der Waals surface area contributed by atoms with Gasteiger partial charge in [-0.15, -0.1) is 0 Å². The monoisotopic (exact) mass is 305 g/mol. The molecule has 0 saturated heterocycles. The zero-order chi connectivity index (χ0) is 14.3. The number of aliphatic hydroxyl groups is 1. The lowest BCUT2D eigenvalue weighted by molar-refractivity contribution is 0.104. The van der Waals surface area contributed by atoms with Gasteiger partial charge in [0.05, 0.1) is 5.02 Å². The van der Waals surface area contributed by atoms with Crippen LogP contribution >= 0.6 is 23.2 Å². The molecule has 0 heterocycles. The van der Waals surface area contributed by atoms with E-state index in [-0.39, 0.29) is 6.61 Å². The molecule has 2 unspecified atom stereocenters. The van der Waals surface area contributed by atoms with Crippen LogP contribution in [0.2, 0.25) is 10.0 Å². The summed E-state index contributed by atoms with van der Waals surface area (Å²) in [5, 5.41) is 14.1. The van der Waals surface area contributed by atoms with Gasteiger partial charge in [0.25, 0.3) is 0 Å². The highest BCUT2D eigenvalue weighted by Crippen LogP contribution is 2.27. The molecule has 0 amide bonds. The molecular formula is C14H21Cl2NO2. The maximum atomic E-state index is 9.82. The number of rotatable bonds is 8. The van der Waals surface area contributed by atoms with E-state index in [1.165, 1.54) is 0 Å². The van der Waals surface area contributed by atoms with Crippen LogP contribution in [-0.4, -0.2) is 30.4 Å².